The molecular weight excluding hydrogens is 330 g/mol. The lowest BCUT2D eigenvalue weighted by atomic mass is 9.69. The largest absolute Gasteiger partial charge is 0.391 e. The molecule has 1 heterocycles. The lowest BCUT2D eigenvalue weighted by Crippen LogP contribution is -2.53. The molecule has 136 valence electrons. The van der Waals surface area contributed by atoms with Gasteiger partial charge in [-0.05, 0) is 31.2 Å². The molecule has 1 saturated heterocycles. The maximum atomic E-state index is 9.83. The van der Waals surface area contributed by atoms with Gasteiger partial charge in [-0.3, -0.25) is 9.80 Å². The van der Waals surface area contributed by atoms with Crippen LogP contribution in [0.5, 0.6) is 0 Å². The summed E-state index contributed by atoms with van der Waals surface area (Å²) < 4.78 is 0. The van der Waals surface area contributed by atoms with Crippen molar-refractivity contribution in [2.75, 3.05) is 38.5 Å². The third-order valence-corrected chi connectivity index (χ3v) is 6.37. The molecule has 25 heavy (non-hydrogen) atoms. The molecule has 1 atom stereocenters. The van der Waals surface area contributed by atoms with Gasteiger partial charge in [0.15, 0.2) is 0 Å². The van der Waals surface area contributed by atoms with Crippen LogP contribution in [0.4, 0.5) is 0 Å². The molecule has 2 aliphatic rings. The van der Waals surface area contributed by atoms with E-state index in [9.17, 15) is 10.4 Å². The SMILES string of the molecule is N#CC1(c2ccccc2)CCC(N2CCN(CC(O)CS)CC2)CC1. The number of nitriles is 1. The molecule has 1 N–H and O–H groups in total. The average molecular weight is 360 g/mol. The van der Waals surface area contributed by atoms with Gasteiger partial charge >= 0.3 is 0 Å². The lowest BCUT2D eigenvalue weighted by Gasteiger charge is -2.44. The zero-order chi connectivity index (χ0) is 17.7. The van der Waals surface area contributed by atoms with Crippen LogP contribution in [0.1, 0.15) is 31.2 Å². The van der Waals surface area contributed by atoms with E-state index in [4.69, 9.17) is 0 Å². The summed E-state index contributed by atoms with van der Waals surface area (Å²) in [5.41, 5.74) is 0.887. The molecule has 2 fully saturated rings. The number of hydrogen-bond donors (Lipinski definition) is 2. The molecule has 1 aliphatic heterocycles. The van der Waals surface area contributed by atoms with Gasteiger partial charge in [-0.15, -0.1) is 0 Å². The molecular formula is C20H29N3OS. The molecule has 1 saturated carbocycles. The minimum atomic E-state index is -0.327. The van der Waals surface area contributed by atoms with Crippen LogP contribution in [0.3, 0.4) is 0 Å². The van der Waals surface area contributed by atoms with E-state index in [0.29, 0.717) is 11.8 Å². The van der Waals surface area contributed by atoms with Crippen molar-refractivity contribution in [3.05, 3.63) is 35.9 Å². The highest BCUT2D eigenvalue weighted by atomic mass is 32.1. The first-order valence-electron chi connectivity index (χ1n) is 9.39. The maximum absolute atomic E-state index is 9.83. The summed E-state index contributed by atoms with van der Waals surface area (Å²) in [6.07, 6.45) is 3.78. The standard InChI is InChI=1S/C20H29N3OS/c21-16-20(17-4-2-1-3-5-17)8-6-18(7-9-20)23-12-10-22(11-13-23)14-19(24)15-25/h1-5,18-19,24-25H,6-15H2. The molecule has 3 rings (SSSR count). The summed E-state index contributed by atoms with van der Waals surface area (Å²) in [5, 5.41) is 19.6. The Hall–Kier alpha value is -1.06. The van der Waals surface area contributed by atoms with Crippen LogP contribution < -0.4 is 0 Å². The Labute approximate surface area is 156 Å². The summed E-state index contributed by atoms with van der Waals surface area (Å²) in [5.74, 6) is 0.526. The van der Waals surface area contributed by atoms with Crippen molar-refractivity contribution in [1.82, 2.24) is 9.80 Å². The topological polar surface area (TPSA) is 50.5 Å². The molecule has 1 aromatic rings. The number of hydrogen-bond acceptors (Lipinski definition) is 5. The van der Waals surface area contributed by atoms with Gasteiger partial charge in [0.05, 0.1) is 17.6 Å². The van der Waals surface area contributed by atoms with Gasteiger partial charge in [-0.25, -0.2) is 0 Å². The number of benzene rings is 1. The highest BCUT2D eigenvalue weighted by molar-refractivity contribution is 7.80. The number of rotatable bonds is 5. The fraction of sp³-hybridized carbons (Fsp3) is 0.650. The monoisotopic (exact) mass is 359 g/mol. The molecule has 4 nitrogen and oxygen atoms in total. The predicted molar refractivity (Wildman–Crippen MR) is 104 cm³/mol. The molecule has 0 aromatic heterocycles. The predicted octanol–water partition coefficient (Wildman–Crippen LogP) is 2.30. The van der Waals surface area contributed by atoms with E-state index in [1.165, 1.54) is 5.56 Å². The minimum absolute atomic E-state index is 0.295. The van der Waals surface area contributed by atoms with Crippen LogP contribution in [0.25, 0.3) is 0 Å². The third kappa shape index (κ3) is 4.38. The summed E-state index contributed by atoms with van der Waals surface area (Å²) >= 11 is 4.16. The summed E-state index contributed by atoms with van der Waals surface area (Å²) in [7, 11) is 0. The maximum Gasteiger partial charge on any atom is 0.0823 e. The molecule has 0 radical (unpaired) electrons. The van der Waals surface area contributed by atoms with Crippen LogP contribution in [0.2, 0.25) is 0 Å². The van der Waals surface area contributed by atoms with Crippen LogP contribution in [0.15, 0.2) is 30.3 Å². The van der Waals surface area contributed by atoms with Crippen LogP contribution in [0, 0.1) is 11.3 Å². The van der Waals surface area contributed by atoms with Gasteiger partial charge in [0.2, 0.25) is 0 Å². The zero-order valence-electron chi connectivity index (χ0n) is 14.8. The summed E-state index contributed by atoms with van der Waals surface area (Å²) in [4.78, 5) is 4.93. The van der Waals surface area contributed by atoms with Crippen LogP contribution in [-0.2, 0) is 5.41 Å². The fourth-order valence-corrected chi connectivity index (χ4v) is 4.47. The molecule has 1 aliphatic carbocycles. The molecule has 0 bridgehead atoms. The van der Waals surface area contributed by atoms with Crippen molar-refractivity contribution in [2.45, 2.75) is 43.2 Å². The third-order valence-electron chi connectivity index (χ3n) is 5.95. The summed E-state index contributed by atoms with van der Waals surface area (Å²) in [6.45, 7) is 4.89. The van der Waals surface area contributed by atoms with E-state index in [2.05, 4.69) is 40.6 Å². The quantitative estimate of drug-likeness (QED) is 0.792. The first-order valence-corrected chi connectivity index (χ1v) is 10.0. The Morgan fingerprint density at radius 3 is 2.36 bits per heavy atom. The van der Waals surface area contributed by atoms with Gasteiger partial charge in [0.1, 0.15) is 0 Å². The fourth-order valence-electron chi connectivity index (χ4n) is 4.35. The second kappa shape index (κ2) is 8.55. The second-order valence-corrected chi connectivity index (χ2v) is 7.83. The van der Waals surface area contributed by atoms with E-state index in [-0.39, 0.29) is 11.5 Å². The minimum Gasteiger partial charge on any atom is -0.391 e. The van der Waals surface area contributed by atoms with Crippen molar-refractivity contribution >= 4 is 12.6 Å². The molecule has 0 amide bonds. The molecule has 0 spiro atoms. The van der Waals surface area contributed by atoms with Gasteiger partial charge in [-0.2, -0.15) is 17.9 Å². The Morgan fingerprint density at radius 1 is 1.16 bits per heavy atom. The highest BCUT2D eigenvalue weighted by Crippen LogP contribution is 2.40. The number of aliphatic hydroxyl groups excluding tert-OH is 1. The first-order chi connectivity index (χ1) is 12.2. The molecule has 1 unspecified atom stereocenters. The van der Waals surface area contributed by atoms with Crippen molar-refractivity contribution in [1.29, 1.82) is 5.26 Å². The van der Waals surface area contributed by atoms with E-state index in [0.717, 1.165) is 58.4 Å². The van der Waals surface area contributed by atoms with Crippen molar-refractivity contribution in [3.63, 3.8) is 0 Å². The zero-order valence-corrected chi connectivity index (χ0v) is 15.7. The van der Waals surface area contributed by atoms with Gasteiger partial charge < -0.3 is 5.11 Å². The number of nitrogens with zero attached hydrogens (tertiary/aromatic N) is 3. The average Bonchev–Trinajstić information content (AvgIpc) is 2.69. The van der Waals surface area contributed by atoms with Crippen molar-refractivity contribution in [2.24, 2.45) is 0 Å². The normalized spacial score (nSPS) is 29.9. The Kier molecular flexibility index (Phi) is 6.40. The second-order valence-electron chi connectivity index (χ2n) is 7.46. The Morgan fingerprint density at radius 2 is 1.80 bits per heavy atom. The van der Waals surface area contributed by atoms with Crippen LogP contribution in [-0.4, -0.2) is 65.5 Å². The van der Waals surface area contributed by atoms with E-state index in [1.54, 1.807) is 0 Å². The molecule has 5 heteroatoms. The highest BCUT2D eigenvalue weighted by Gasteiger charge is 2.39. The first kappa shape index (κ1) is 18.7. The Bertz CT molecular complexity index is 572. The van der Waals surface area contributed by atoms with Crippen molar-refractivity contribution in [3.8, 4) is 6.07 Å². The lowest BCUT2D eigenvalue weighted by molar-refractivity contribution is 0.0489. The van der Waals surface area contributed by atoms with E-state index < -0.39 is 0 Å². The van der Waals surface area contributed by atoms with Crippen molar-refractivity contribution < 1.29 is 5.11 Å². The Balaban J connectivity index is 1.52. The number of aliphatic hydroxyl groups is 1. The summed E-state index contributed by atoms with van der Waals surface area (Å²) in [6, 6.07) is 13.5. The van der Waals surface area contributed by atoms with E-state index >= 15 is 0 Å². The molecule has 1 aromatic carbocycles. The van der Waals surface area contributed by atoms with Gasteiger partial charge in [-0.1, -0.05) is 30.3 Å². The smallest absolute Gasteiger partial charge is 0.0823 e. The van der Waals surface area contributed by atoms with Gasteiger partial charge in [0, 0.05) is 44.5 Å². The number of thiol groups is 1. The van der Waals surface area contributed by atoms with Gasteiger partial charge in [0.25, 0.3) is 0 Å². The van der Waals surface area contributed by atoms with Crippen LogP contribution >= 0.6 is 12.6 Å². The van der Waals surface area contributed by atoms with E-state index in [1.807, 2.05) is 18.2 Å². The number of β-amino-alcohol motifs (C(OH)–C–C–N with tert-alkyl or cyclic N) is 1. The number of piperazine rings is 1.